The van der Waals surface area contributed by atoms with E-state index >= 15 is 0 Å². The summed E-state index contributed by atoms with van der Waals surface area (Å²) in [6.07, 6.45) is 3.40. The predicted molar refractivity (Wildman–Crippen MR) is 70.7 cm³/mol. The van der Waals surface area contributed by atoms with E-state index in [9.17, 15) is 0 Å². The molecule has 1 unspecified atom stereocenters. The van der Waals surface area contributed by atoms with Gasteiger partial charge in [-0.2, -0.15) is 0 Å². The molecule has 0 bridgehead atoms. The number of thiazole rings is 1. The fraction of sp³-hybridized carbons (Fsp3) is 0.750. The first-order valence-electron chi connectivity index (χ1n) is 5.96. The van der Waals surface area contributed by atoms with Crippen LogP contribution in [0, 0.1) is 6.92 Å². The van der Waals surface area contributed by atoms with Gasteiger partial charge in [-0.15, -0.1) is 11.3 Å². The number of hydrogen-bond acceptors (Lipinski definition) is 4. The topological polar surface area (TPSA) is 42.1 Å². The van der Waals surface area contributed by atoms with E-state index in [-0.39, 0.29) is 0 Å². The molecule has 0 saturated heterocycles. The third-order valence-electron chi connectivity index (χ3n) is 2.80. The molecule has 2 N–H and O–H groups in total. The van der Waals surface area contributed by atoms with Gasteiger partial charge in [-0.1, -0.05) is 13.3 Å². The average Bonchev–Trinajstić information content (AvgIpc) is 2.62. The van der Waals surface area contributed by atoms with Crippen LogP contribution in [0.15, 0.2) is 5.51 Å². The minimum absolute atomic E-state index is 0.356. The van der Waals surface area contributed by atoms with Gasteiger partial charge in [-0.3, -0.25) is 0 Å². The van der Waals surface area contributed by atoms with Crippen LogP contribution < -0.4 is 5.73 Å². The summed E-state index contributed by atoms with van der Waals surface area (Å²) >= 11 is 1.74. The Labute approximate surface area is 103 Å². The lowest BCUT2D eigenvalue weighted by molar-refractivity contribution is 0.309. The van der Waals surface area contributed by atoms with Crippen LogP contribution in [0.4, 0.5) is 0 Å². The van der Waals surface area contributed by atoms with Gasteiger partial charge in [-0.25, -0.2) is 4.98 Å². The molecule has 0 aliphatic rings. The Bertz CT molecular complexity index is 298. The number of aromatic nitrogens is 1. The molecule has 92 valence electrons. The van der Waals surface area contributed by atoms with Gasteiger partial charge in [0.15, 0.2) is 0 Å². The first-order chi connectivity index (χ1) is 7.63. The largest absolute Gasteiger partial charge is 0.328 e. The molecule has 1 aromatic heterocycles. The van der Waals surface area contributed by atoms with E-state index in [1.165, 1.54) is 11.3 Å². The van der Waals surface area contributed by atoms with E-state index in [1.54, 1.807) is 11.3 Å². The zero-order valence-electron chi connectivity index (χ0n) is 10.6. The van der Waals surface area contributed by atoms with Crippen molar-refractivity contribution in [3.05, 3.63) is 16.1 Å². The summed E-state index contributed by atoms with van der Waals surface area (Å²) in [5, 5.41) is 0. The number of nitrogens with two attached hydrogens (primary N) is 1. The van der Waals surface area contributed by atoms with Crippen LogP contribution in [-0.4, -0.2) is 29.5 Å². The lowest BCUT2D eigenvalue weighted by atomic mass is 10.1. The Morgan fingerprint density at radius 3 is 2.81 bits per heavy atom. The Hall–Kier alpha value is -0.450. The van der Waals surface area contributed by atoms with Crippen molar-refractivity contribution in [1.29, 1.82) is 0 Å². The van der Waals surface area contributed by atoms with Crippen LogP contribution in [0.25, 0.3) is 0 Å². The minimum atomic E-state index is 0.356. The molecule has 1 rings (SSSR count). The van der Waals surface area contributed by atoms with Crippen LogP contribution in [0.2, 0.25) is 0 Å². The number of hydrogen-bond donors (Lipinski definition) is 1. The molecular weight excluding hydrogens is 218 g/mol. The predicted octanol–water partition coefficient (Wildman–Crippen LogP) is 2.40. The van der Waals surface area contributed by atoms with Gasteiger partial charge in [-0.05, 0) is 33.4 Å². The highest BCUT2D eigenvalue weighted by atomic mass is 32.1. The van der Waals surface area contributed by atoms with Crippen molar-refractivity contribution in [2.24, 2.45) is 5.73 Å². The zero-order valence-corrected chi connectivity index (χ0v) is 11.4. The summed E-state index contributed by atoms with van der Waals surface area (Å²) in [4.78, 5) is 7.96. The lowest BCUT2D eigenvalue weighted by Crippen LogP contribution is -2.27. The molecule has 1 aromatic rings. The van der Waals surface area contributed by atoms with Gasteiger partial charge in [0.25, 0.3) is 0 Å². The molecule has 0 radical (unpaired) electrons. The van der Waals surface area contributed by atoms with Crippen molar-refractivity contribution < 1.29 is 0 Å². The lowest BCUT2D eigenvalue weighted by Gasteiger charge is -2.18. The van der Waals surface area contributed by atoms with Crippen LogP contribution in [0.5, 0.6) is 0 Å². The van der Waals surface area contributed by atoms with E-state index in [4.69, 9.17) is 5.73 Å². The number of rotatable bonds is 7. The van der Waals surface area contributed by atoms with E-state index in [2.05, 4.69) is 30.8 Å². The third-order valence-corrected chi connectivity index (χ3v) is 3.72. The molecule has 0 aromatic carbocycles. The first-order valence-corrected chi connectivity index (χ1v) is 6.84. The number of aryl methyl sites for hydroxylation is 1. The smallest absolute Gasteiger partial charge is 0.0798 e. The van der Waals surface area contributed by atoms with E-state index in [1.807, 2.05) is 5.51 Å². The van der Waals surface area contributed by atoms with Crippen LogP contribution in [0.1, 0.15) is 36.8 Å². The van der Waals surface area contributed by atoms with Crippen LogP contribution in [0.3, 0.4) is 0 Å². The Balaban J connectivity index is 2.26. The molecule has 0 spiro atoms. The van der Waals surface area contributed by atoms with Crippen molar-refractivity contribution in [3.8, 4) is 0 Å². The quantitative estimate of drug-likeness (QED) is 0.797. The summed E-state index contributed by atoms with van der Waals surface area (Å²) in [6, 6.07) is 0.356. The van der Waals surface area contributed by atoms with Crippen molar-refractivity contribution in [3.63, 3.8) is 0 Å². The average molecular weight is 241 g/mol. The maximum Gasteiger partial charge on any atom is 0.0798 e. The second kappa shape index (κ2) is 6.99. The van der Waals surface area contributed by atoms with Gasteiger partial charge < -0.3 is 10.6 Å². The molecule has 4 heteroatoms. The molecule has 0 amide bonds. The second-order valence-electron chi connectivity index (χ2n) is 4.44. The highest BCUT2D eigenvalue weighted by Crippen LogP contribution is 2.14. The Morgan fingerprint density at radius 2 is 2.25 bits per heavy atom. The molecule has 0 aliphatic carbocycles. The molecule has 16 heavy (non-hydrogen) atoms. The summed E-state index contributed by atoms with van der Waals surface area (Å²) in [5.74, 6) is 0. The molecule has 3 nitrogen and oxygen atoms in total. The normalized spacial score (nSPS) is 13.3. The minimum Gasteiger partial charge on any atom is -0.328 e. The molecule has 1 heterocycles. The molecule has 0 aliphatic heterocycles. The van der Waals surface area contributed by atoms with Gasteiger partial charge in [0, 0.05) is 17.5 Å². The van der Waals surface area contributed by atoms with E-state index < -0.39 is 0 Å². The van der Waals surface area contributed by atoms with Crippen molar-refractivity contribution in [2.45, 2.75) is 45.7 Å². The first kappa shape index (κ1) is 13.6. The zero-order chi connectivity index (χ0) is 12.0. The second-order valence-corrected chi connectivity index (χ2v) is 5.38. The van der Waals surface area contributed by atoms with Gasteiger partial charge in [0.1, 0.15) is 0 Å². The van der Waals surface area contributed by atoms with Gasteiger partial charge >= 0.3 is 0 Å². The van der Waals surface area contributed by atoms with E-state index in [0.717, 1.165) is 31.6 Å². The van der Waals surface area contributed by atoms with E-state index in [0.29, 0.717) is 6.04 Å². The standard InChI is InChI=1S/C12H23N3S/c1-4-5-11(13)6-7-15(3)8-12-10(2)14-9-16-12/h9,11H,4-8,13H2,1-3H3. The molecule has 0 fully saturated rings. The Morgan fingerprint density at radius 1 is 1.50 bits per heavy atom. The maximum absolute atomic E-state index is 6.00. The fourth-order valence-corrected chi connectivity index (χ4v) is 2.56. The Kier molecular flexibility index (Phi) is 5.95. The van der Waals surface area contributed by atoms with Crippen LogP contribution in [-0.2, 0) is 6.54 Å². The van der Waals surface area contributed by atoms with Crippen molar-refractivity contribution in [2.75, 3.05) is 13.6 Å². The fourth-order valence-electron chi connectivity index (χ4n) is 1.70. The number of nitrogens with zero attached hydrogens (tertiary/aromatic N) is 2. The highest BCUT2D eigenvalue weighted by molar-refractivity contribution is 7.09. The summed E-state index contributed by atoms with van der Waals surface area (Å²) < 4.78 is 0. The maximum atomic E-state index is 6.00. The monoisotopic (exact) mass is 241 g/mol. The molecular formula is C12H23N3S. The third kappa shape index (κ3) is 4.60. The van der Waals surface area contributed by atoms with Crippen molar-refractivity contribution in [1.82, 2.24) is 9.88 Å². The SMILES string of the molecule is CCCC(N)CCN(C)Cc1scnc1C. The summed E-state index contributed by atoms with van der Waals surface area (Å²) in [5.41, 5.74) is 9.08. The summed E-state index contributed by atoms with van der Waals surface area (Å²) in [7, 11) is 2.15. The van der Waals surface area contributed by atoms with Gasteiger partial charge in [0.2, 0.25) is 0 Å². The van der Waals surface area contributed by atoms with Crippen LogP contribution >= 0.6 is 11.3 Å². The summed E-state index contributed by atoms with van der Waals surface area (Å²) in [6.45, 7) is 6.32. The molecule has 1 atom stereocenters. The highest BCUT2D eigenvalue weighted by Gasteiger charge is 2.07. The van der Waals surface area contributed by atoms with Crippen molar-refractivity contribution >= 4 is 11.3 Å². The van der Waals surface area contributed by atoms with Gasteiger partial charge in [0.05, 0.1) is 11.2 Å². The molecule has 0 saturated carbocycles.